The Morgan fingerprint density at radius 3 is 2.89 bits per heavy atom. The minimum atomic E-state index is -0.451. The zero-order valence-electron chi connectivity index (χ0n) is 11.4. The van der Waals surface area contributed by atoms with E-state index in [0.717, 1.165) is 11.1 Å². The number of aryl methyl sites for hydroxylation is 1. The van der Waals surface area contributed by atoms with Gasteiger partial charge in [-0.2, -0.15) is 4.98 Å². The summed E-state index contributed by atoms with van der Waals surface area (Å²) in [6.07, 6.45) is 0.580. The third-order valence-corrected chi connectivity index (χ3v) is 2.95. The second kappa shape index (κ2) is 5.84. The maximum absolute atomic E-state index is 9.58. The van der Waals surface area contributed by atoms with Crippen molar-refractivity contribution in [3.8, 4) is 17.1 Å². The van der Waals surface area contributed by atoms with Crippen LogP contribution in [0, 0.1) is 6.92 Å². The number of aromatic nitrogens is 2. The zero-order chi connectivity index (χ0) is 13.8. The first kappa shape index (κ1) is 13.5. The van der Waals surface area contributed by atoms with Gasteiger partial charge in [-0.15, -0.1) is 0 Å². The second-order valence-corrected chi connectivity index (χ2v) is 4.48. The lowest BCUT2D eigenvalue weighted by Crippen LogP contribution is -2.08. The van der Waals surface area contributed by atoms with Gasteiger partial charge in [0.05, 0.1) is 25.2 Å². The summed E-state index contributed by atoms with van der Waals surface area (Å²) < 4.78 is 10.5. The molecule has 0 fully saturated rings. The second-order valence-electron chi connectivity index (χ2n) is 4.48. The molecule has 2 rings (SSSR count). The number of nitrogens with zero attached hydrogens (tertiary/aromatic N) is 2. The summed E-state index contributed by atoms with van der Waals surface area (Å²) in [5.41, 5.74) is 1.89. The minimum absolute atomic E-state index is 0.373. The average Bonchev–Trinajstić information content (AvgIpc) is 2.86. The molecule has 1 atom stereocenters. The fraction of sp³-hybridized carbons (Fsp3) is 0.429. The number of hydrogen-bond acceptors (Lipinski definition) is 5. The monoisotopic (exact) mass is 262 g/mol. The van der Waals surface area contributed by atoms with Gasteiger partial charge < -0.3 is 14.4 Å². The summed E-state index contributed by atoms with van der Waals surface area (Å²) in [6.45, 7) is 3.90. The van der Waals surface area contributed by atoms with Crippen LogP contribution >= 0.6 is 0 Å². The van der Waals surface area contributed by atoms with Crippen molar-refractivity contribution in [3.05, 3.63) is 29.7 Å². The van der Waals surface area contributed by atoms with Crippen molar-refractivity contribution in [2.75, 3.05) is 7.11 Å². The minimum Gasteiger partial charge on any atom is -0.496 e. The van der Waals surface area contributed by atoms with Crippen LogP contribution in [0.4, 0.5) is 0 Å². The number of rotatable bonds is 5. The Bertz CT molecular complexity index is 551. The van der Waals surface area contributed by atoms with Crippen LogP contribution in [-0.4, -0.2) is 28.5 Å². The van der Waals surface area contributed by atoms with Crippen LogP contribution < -0.4 is 4.74 Å². The molecule has 5 heteroatoms. The van der Waals surface area contributed by atoms with Gasteiger partial charge in [0, 0.05) is 0 Å². The van der Waals surface area contributed by atoms with E-state index in [4.69, 9.17) is 9.26 Å². The van der Waals surface area contributed by atoms with Crippen molar-refractivity contribution in [1.82, 2.24) is 10.1 Å². The van der Waals surface area contributed by atoms with Crippen molar-refractivity contribution in [3.63, 3.8) is 0 Å². The molecular formula is C14H18N2O3. The van der Waals surface area contributed by atoms with Crippen molar-refractivity contribution < 1.29 is 14.4 Å². The molecule has 5 nitrogen and oxygen atoms in total. The molecule has 0 bridgehead atoms. The van der Waals surface area contributed by atoms with E-state index in [9.17, 15) is 5.11 Å². The third kappa shape index (κ3) is 3.12. The van der Waals surface area contributed by atoms with Crippen molar-refractivity contribution in [2.45, 2.75) is 32.8 Å². The van der Waals surface area contributed by atoms with Crippen LogP contribution in [0.2, 0.25) is 0 Å². The first-order valence-electron chi connectivity index (χ1n) is 6.29. The summed E-state index contributed by atoms with van der Waals surface area (Å²) in [4.78, 5) is 4.29. The molecule has 1 unspecified atom stereocenters. The van der Waals surface area contributed by atoms with Gasteiger partial charge in [-0.1, -0.05) is 18.1 Å². The zero-order valence-corrected chi connectivity index (χ0v) is 11.4. The van der Waals surface area contributed by atoms with Gasteiger partial charge in [-0.05, 0) is 31.0 Å². The Morgan fingerprint density at radius 1 is 1.42 bits per heavy atom. The molecule has 1 heterocycles. The van der Waals surface area contributed by atoms with Gasteiger partial charge >= 0.3 is 0 Å². The highest BCUT2D eigenvalue weighted by molar-refractivity contribution is 5.64. The molecule has 0 aliphatic rings. The number of aliphatic hydroxyl groups is 1. The van der Waals surface area contributed by atoms with E-state index in [1.54, 1.807) is 7.11 Å². The molecule has 0 saturated heterocycles. The van der Waals surface area contributed by atoms with Crippen LogP contribution in [0.5, 0.6) is 5.75 Å². The first-order valence-corrected chi connectivity index (χ1v) is 6.29. The van der Waals surface area contributed by atoms with Crippen molar-refractivity contribution in [2.24, 2.45) is 0 Å². The average molecular weight is 262 g/mol. The van der Waals surface area contributed by atoms with E-state index in [1.165, 1.54) is 0 Å². The Morgan fingerprint density at radius 2 is 2.21 bits per heavy atom. The normalized spacial score (nSPS) is 12.4. The van der Waals surface area contributed by atoms with Crippen LogP contribution in [0.15, 0.2) is 22.7 Å². The van der Waals surface area contributed by atoms with Gasteiger partial charge in [0.1, 0.15) is 5.75 Å². The molecule has 0 aliphatic carbocycles. The molecule has 0 spiro atoms. The van der Waals surface area contributed by atoms with Crippen molar-refractivity contribution in [1.29, 1.82) is 0 Å². The summed E-state index contributed by atoms with van der Waals surface area (Å²) in [6, 6.07) is 5.79. The predicted molar refractivity (Wildman–Crippen MR) is 71.0 cm³/mol. The number of methoxy groups -OCH3 is 1. The number of ether oxygens (including phenoxy) is 1. The fourth-order valence-electron chi connectivity index (χ4n) is 1.78. The molecule has 1 N–H and O–H groups in total. The van der Waals surface area contributed by atoms with Gasteiger partial charge in [-0.25, -0.2) is 0 Å². The number of hydrogen-bond donors (Lipinski definition) is 1. The molecule has 1 aromatic carbocycles. The number of benzene rings is 1. The molecular weight excluding hydrogens is 244 g/mol. The highest BCUT2D eigenvalue weighted by Crippen LogP contribution is 2.28. The van der Waals surface area contributed by atoms with Crippen molar-refractivity contribution >= 4 is 0 Å². The maximum Gasteiger partial charge on any atom is 0.229 e. The summed E-state index contributed by atoms with van der Waals surface area (Å²) in [5.74, 6) is 1.63. The Labute approximate surface area is 112 Å². The SMILES string of the molecule is CCC(O)Cc1nc(-c2ccc(C)cc2OC)no1. The highest BCUT2D eigenvalue weighted by atomic mass is 16.5. The molecule has 0 amide bonds. The van der Waals surface area contributed by atoms with E-state index in [1.807, 2.05) is 32.0 Å². The summed E-state index contributed by atoms with van der Waals surface area (Å²) in [7, 11) is 1.61. The van der Waals surface area contributed by atoms with E-state index in [2.05, 4.69) is 10.1 Å². The molecule has 102 valence electrons. The molecule has 0 radical (unpaired) electrons. The Kier molecular flexibility index (Phi) is 4.16. The van der Waals surface area contributed by atoms with Gasteiger partial charge in [-0.3, -0.25) is 0 Å². The van der Waals surface area contributed by atoms with E-state index < -0.39 is 6.10 Å². The number of aliphatic hydroxyl groups excluding tert-OH is 1. The van der Waals surface area contributed by atoms with Gasteiger partial charge in [0.2, 0.25) is 11.7 Å². The van der Waals surface area contributed by atoms with Crippen LogP contribution in [0.1, 0.15) is 24.8 Å². The smallest absolute Gasteiger partial charge is 0.229 e. The quantitative estimate of drug-likeness (QED) is 0.895. The van der Waals surface area contributed by atoms with E-state index >= 15 is 0 Å². The van der Waals surface area contributed by atoms with Gasteiger partial charge in [0.15, 0.2) is 0 Å². The lowest BCUT2D eigenvalue weighted by molar-refractivity contribution is 0.158. The van der Waals surface area contributed by atoms with E-state index in [-0.39, 0.29) is 0 Å². The summed E-state index contributed by atoms with van der Waals surface area (Å²) >= 11 is 0. The van der Waals surface area contributed by atoms with Crippen LogP contribution in [0.25, 0.3) is 11.4 Å². The van der Waals surface area contributed by atoms with E-state index in [0.29, 0.717) is 30.3 Å². The Balaban J connectivity index is 2.27. The third-order valence-electron chi connectivity index (χ3n) is 2.95. The highest BCUT2D eigenvalue weighted by Gasteiger charge is 2.15. The predicted octanol–water partition coefficient (Wildman–Crippen LogP) is 2.37. The van der Waals surface area contributed by atoms with Crippen LogP contribution in [0.3, 0.4) is 0 Å². The topological polar surface area (TPSA) is 68.4 Å². The molecule has 19 heavy (non-hydrogen) atoms. The molecule has 0 saturated carbocycles. The molecule has 0 aliphatic heterocycles. The standard InChI is InChI=1S/C14H18N2O3/c1-4-10(17)8-13-15-14(16-19-13)11-6-5-9(2)7-12(11)18-3/h5-7,10,17H,4,8H2,1-3H3. The Hall–Kier alpha value is -1.88. The fourth-order valence-corrected chi connectivity index (χ4v) is 1.78. The largest absolute Gasteiger partial charge is 0.496 e. The molecule has 2 aromatic rings. The lowest BCUT2D eigenvalue weighted by atomic mass is 10.1. The van der Waals surface area contributed by atoms with Crippen LogP contribution in [-0.2, 0) is 6.42 Å². The molecule has 1 aromatic heterocycles. The maximum atomic E-state index is 9.58. The van der Waals surface area contributed by atoms with Gasteiger partial charge in [0.25, 0.3) is 0 Å². The first-order chi connectivity index (χ1) is 9.13. The summed E-state index contributed by atoms with van der Waals surface area (Å²) in [5, 5.41) is 13.5. The lowest BCUT2D eigenvalue weighted by Gasteiger charge is -2.05.